The number of amides is 2. The van der Waals surface area contributed by atoms with Crippen LogP contribution in [0.1, 0.15) is 33.6 Å². The van der Waals surface area contributed by atoms with Gasteiger partial charge in [0.05, 0.1) is 18.0 Å². The van der Waals surface area contributed by atoms with E-state index in [-0.39, 0.29) is 23.9 Å². The number of likely N-dealkylation sites (tertiary alicyclic amines) is 2. The molecule has 2 atom stereocenters. The number of nitrogens with one attached hydrogen (secondary N) is 2. The van der Waals surface area contributed by atoms with Crippen LogP contribution in [0.15, 0.2) is 133 Å². The molecule has 8 aromatic rings. The van der Waals surface area contributed by atoms with Gasteiger partial charge >= 0.3 is 0 Å². The summed E-state index contributed by atoms with van der Waals surface area (Å²) in [5, 5.41) is 11.6. The number of oxazole rings is 2. The van der Waals surface area contributed by atoms with Crippen LogP contribution in [-0.4, -0.2) is 81.8 Å². The first-order chi connectivity index (χ1) is 29.3. The zero-order chi connectivity index (χ0) is 41.6. The van der Waals surface area contributed by atoms with Gasteiger partial charge in [0.15, 0.2) is 16.9 Å². The van der Waals surface area contributed by atoms with Crippen LogP contribution in [0.5, 0.6) is 0 Å². The first-order valence-electron chi connectivity index (χ1n) is 19.0. The van der Waals surface area contributed by atoms with Crippen LogP contribution in [0.2, 0.25) is 10.0 Å². The predicted molar refractivity (Wildman–Crippen MR) is 227 cm³/mol. The molecule has 2 aliphatic rings. The first kappa shape index (κ1) is 39.9. The number of carbonyl (C=O) groups is 3. The van der Waals surface area contributed by atoms with E-state index in [9.17, 15) is 9.59 Å². The molecule has 0 radical (unpaired) electrons. The first-order valence-corrected chi connectivity index (χ1v) is 19.8. The van der Waals surface area contributed by atoms with Crippen molar-refractivity contribution in [3.05, 3.63) is 137 Å². The van der Waals surface area contributed by atoms with Crippen molar-refractivity contribution in [1.29, 1.82) is 0 Å². The molecule has 0 bridgehead atoms. The van der Waals surface area contributed by atoms with Gasteiger partial charge in [-0.15, -0.1) is 0 Å². The van der Waals surface area contributed by atoms with Gasteiger partial charge in [-0.05, 0) is 55.3 Å². The zero-order valence-corrected chi connectivity index (χ0v) is 33.4. The molecule has 2 fully saturated rings. The van der Waals surface area contributed by atoms with E-state index in [4.69, 9.17) is 45.8 Å². The van der Waals surface area contributed by atoms with Crippen molar-refractivity contribution < 1.29 is 32.2 Å². The van der Waals surface area contributed by atoms with E-state index in [0.29, 0.717) is 82.1 Å². The molecule has 2 N–H and O–H groups in total. The lowest BCUT2D eigenvalue weighted by Crippen LogP contribution is -2.31. The van der Waals surface area contributed by atoms with Gasteiger partial charge in [0, 0.05) is 71.6 Å². The second kappa shape index (κ2) is 17.9. The molecular formula is C44H37Cl2N7O7. The van der Waals surface area contributed by atoms with Crippen molar-refractivity contribution in [3.8, 4) is 22.6 Å². The Kier molecular flexibility index (Phi) is 11.9. The van der Waals surface area contributed by atoms with Crippen molar-refractivity contribution in [2.45, 2.75) is 24.9 Å². The van der Waals surface area contributed by atoms with Gasteiger partial charge in [-0.1, -0.05) is 76.9 Å². The third-order valence-corrected chi connectivity index (χ3v) is 10.6. The van der Waals surface area contributed by atoms with Crippen LogP contribution >= 0.6 is 23.2 Å². The fourth-order valence-electron chi connectivity index (χ4n) is 7.24. The molecule has 10 rings (SSSR count). The normalized spacial score (nSPS) is 16.0. The van der Waals surface area contributed by atoms with Gasteiger partial charge in [0.2, 0.25) is 0 Å². The fraction of sp³-hybridized carbons (Fsp3) is 0.182. The van der Waals surface area contributed by atoms with Gasteiger partial charge in [0.25, 0.3) is 23.8 Å². The molecule has 60 heavy (non-hydrogen) atoms. The van der Waals surface area contributed by atoms with Crippen molar-refractivity contribution in [2.24, 2.45) is 0 Å². The molecule has 0 aliphatic carbocycles. The molecule has 0 saturated carbocycles. The maximum Gasteiger partial charge on any atom is 0.295 e. The second-order valence-corrected chi connectivity index (χ2v) is 14.9. The summed E-state index contributed by atoms with van der Waals surface area (Å²) in [4.78, 5) is 46.7. The van der Waals surface area contributed by atoms with E-state index in [1.165, 1.54) is 6.20 Å². The minimum Gasteiger partial charge on any atom is -0.464 e. The summed E-state index contributed by atoms with van der Waals surface area (Å²) in [5.41, 5.74) is 5.48. The van der Waals surface area contributed by atoms with Crippen LogP contribution in [0.3, 0.4) is 0 Å². The highest BCUT2D eigenvalue weighted by atomic mass is 35.5. The Balaban J connectivity index is 0.000000160. The smallest absolute Gasteiger partial charge is 0.295 e. The van der Waals surface area contributed by atoms with E-state index < -0.39 is 0 Å². The number of furan rings is 1. The van der Waals surface area contributed by atoms with E-state index in [1.54, 1.807) is 35.4 Å². The molecule has 16 heteroatoms. The summed E-state index contributed by atoms with van der Waals surface area (Å²) in [6, 6.07) is 32.3. The van der Waals surface area contributed by atoms with Crippen molar-refractivity contribution in [3.63, 3.8) is 0 Å². The Bertz CT molecular complexity index is 2730. The van der Waals surface area contributed by atoms with Crippen molar-refractivity contribution >= 4 is 76.0 Å². The topological polar surface area (TPSA) is 173 Å². The number of halogens is 2. The van der Waals surface area contributed by atoms with E-state index >= 15 is 0 Å². The number of anilines is 2. The number of benzene rings is 4. The molecular weight excluding hydrogens is 809 g/mol. The van der Waals surface area contributed by atoms with Crippen molar-refractivity contribution in [1.82, 2.24) is 24.9 Å². The number of rotatable bonds is 8. The van der Waals surface area contributed by atoms with Crippen LogP contribution < -0.4 is 10.6 Å². The maximum atomic E-state index is 13.1. The lowest BCUT2D eigenvalue weighted by Gasteiger charge is -2.18. The van der Waals surface area contributed by atoms with Gasteiger partial charge in [-0.3, -0.25) is 9.59 Å². The average Bonchev–Trinajstić information content (AvgIpc) is 4.14. The number of nitrogens with zero attached hydrogens (tertiary/aromatic N) is 5. The van der Waals surface area contributed by atoms with E-state index in [2.05, 4.69) is 25.8 Å². The van der Waals surface area contributed by atoms with Crippen LogP contribution in [0, 0.1) is 0 Å². The quantitative estimate of drug-likeness (QED) is 0.149. The molecule has 14 nitrogen and oxygen atoms in total. The highest BCUT2D eigenvalue weighted by molar-refractivity contribution is 6.31. The standard InChI is InChI=1S/C22H18ClN3O3.C21H17ClN4O3.CH2O/c23-14-7-8-18-20(12-14)29-22(25-18)24-15-9-10-26(13-15)21(27)17-5-2-1-4-16(17)19-6-3-11-28-19;22-14-6-7-17-18(10-14)28-21(25-17)24-15-8-9-26(12-15)20(27)16-11-23-29-19(16)13-4-2-1-3-5-13;1-2/h1-8,11-12,15H,9-10,13H2,(H,24,25);1-7,10-11,15H,8-9,12H2,(H,24,25);1H2/t2*15-;/m11./s1. The summed E-state index contributed by atoms with van der Waals surface area (Å²) in [6.07, 6.45) is 4.70. The van der Waals surface area contributed by atoms with Crippen molar-refractivity contribution in [2.75, 3.05) is 36.8 Å². The summed E-state index contributed by atoms with van der Waals surface area (Å²) >= 11 is 12.0. The Morgan fingerprint density at radius 2 is 1.25 bits per heavy atom. The van der Waals surface area contributed by atoms with Crippen LogP contribution in [-0.2, 0) is 4.79 Å². The largest absolute Gasteiger partial charge is 0.464 e. The summed E-state index contributed by atoms with van der Waals surface area (Å²) in [6.45, 7) is 4.40. The van der Waals surface area contributed by atoms with Gasteiger partial charge in [0.1, 0.15) is 29.1 Å². The Morgan fingerprint density at radius 1 is 0.683 bits per heavy atom. The minimum atomic E-state index is -0.0984. The monoisotopic (exact) mass is 845 g/mol. The van der Waals surface area contributed by atoms with Gasteiger partial charge in [-0.25, -0.2) is 0 Å². The molecule has 2 amide bonds. The maximum absolute atomic E-state index is 13.1. The third-order valence-electron chi connectivity index (χ3n) is 10.1. The van der Waals surface area contributed by atoms with E-state index in [0.717, 1.165) is 35.0 Å². The molecule has 2 saturated heterocycles. The Morgan fingerprint density at radius 3 is 1.83 bits per heavy atom. The molecule has 0 spiro atoms. The van der Waals surface area contributed by atoms with Crippen LogP contribution in [0.25, 0.3) is 44.8 Å². The fourth-order valence-corrected chi connectivity index (χ4v) is 7.57. The summed E-state index contributed by atoms with van der Waals surface area (Å²) in [7, 11) is 0. The number of hydrogen-bond donors (Lipinski definition) is 2. The number of fused-ring (bicyclic) bond motifs is 2. The highest BCUT2D eigenvalue weighted by Gasteiger charge is 2.32. The number of carbonyl (C=O) groups excluding carboxylic acids is 3. The SMILES string of the molecule is C=O.O=C(c1ccccc1-c1ccco1)N1CC[C@@H](Nc2nc3ccc(Cl)cc3o2)C1.O=C(c1cnoc1-c1ccccc1)N1CC[C@@H](Nc2nc3ccc(Cl)cc3o2)C1. The molecule has 6 heterocycles. The Labute approximate surface area is 353 Å². The molecule has 4 aromatic heterocycles. The summed E-state index contributed by atoms with van der Waals surface area (Å²) in [5.74, 6) is 1.07. The lowest BCUT2D eigenvalue weighted by atomic mass is 10.0. The third kappa shape index (κ3) is 8.75. The highest BCUT2D eigenvalue weighted by Crippen LogP contribution is 2.30. The number of aromatic nitrogens is 3. The van der Waals surface area contributed by atoms with Gasteiger partial charge in [-0.2, -0.15) is 9.97 Å². The Hall–Kier alpha value is -6.90. The summed E-state index contributed by atoms with van der Waals surface area (Å²) < 4.78 is 22.3. The van der Waals surface area contributed by atoms with E-state index in [1.807, 2.05) is 90.6 Å². The number of hydrogen-bond acceptors (Lipinski definition) is 12. The van der Waals surface area contributed by atoms with Gasteiger partial charge < -0.3 is 43.0 Å². The molecule has 0 unspecified atom stereocenters. The van der Waals surface area contributed by atoms with Crippen LogP contribution in [0.4, 0.5) is 12.0 Å². The molecule has 304 valence electrons. The lowest BCUT2D eigenvalue weighted by molar-refractivity contribution is -0.0980. The second-order valence-electron chi connectivity index (χ2n) is 14.0. The predicted octanol–water partition coefficient (Wildman–Crippen LogP) is 9.35. The average molecular weight is 847 g/mol. The molecule has 4 aromatic carbocycles. The minimum absolute atomic E-state index is 0.00866. The zero-order valence-electron chi connectivity index (χ0n) is 31.9. The molecule has 2 aliphatic heterocycles.